The van der Waals surface area contributed by atoms with E-state index in [0.717, 1.165) is 67.3 Å². The molecule has 0 saturated carbocycles. The smallest absolute Gasteiger partial charge is 0.250 e. The molecule has 0 spiro atoms. The molecule has 0 radical (unpaired) electrons. The Labute approximate surface area is 254 Å². The summed E-state index contributed by atoms with van der Waals surface area (Å²) in [6.45, 7) is 7.14. The van der Waals surface area contributed by atoms with Gasteiger partial charge in [-0.1, -0.05) is 41.7 Å². The normalized spacial score (nSPS) is 17.8. The lowest BCUT2D eigenvalue weighted by Crippen LogP contribution is -2.36. The van der Waals surface area contributed by atoms with Crippen LogP contribution in [0.25, 0.3) is 11.3 Å². The van der Waals surface area contributed by atoms with Crippen molar-refractivity contribution in [2.45, 2.75) is 45.4 Å². The second-order valence-corrected chi connectivity index (χ2v) is 13.3. The van der Waals surface area contributed by atoms with Crippen LogP contribution in [-0.2, 0) is 4.74 Å². The van der Waals surface area contributed by atoms with Gasteiger partial charge < -0.3 is 25.3 Å². The number of nitrogens with zero attached hydrogens (tertiary/aromatic N) is 2. The number of ether oxygens (including phenoxy) is 1. The number of aromatic nitrogens is 2. The highest BCUT2D eigenvalue weighted by Crippen LogP contribution is 2.52. The second kappa shape index (κ2) is 12.2. The lowest BCUT2D eigenvalue weighted by atomic mass is 9.87. The molecule has 1 atom stereocenters. The van der Waals surface area contributed by atoms with E-state index in [2.05, 4.69) is 82.0 Å². The molecular weight excluding hydrogens is 563 g/mol. The number of piperidine rings is 1. The van der Waals surface area contributed by atoms with Crippen molar-refractivity contribution in [2.24, 2.45) is 5.92 Å². The molecule has 2 saturated heterocycles. The molecule has 3 N–H and O–H groups in total. The Hall–Kier alpha value is -3.24. The predicted octanol–water partition coefficient (Wildman–Crippen LogP) is 6.35. The monoisotopic (exact) mass is 597 g/mol. The Morgan fingerprint density at radius 1 is 0.976 bits per heavy atom. The van der Waals surface area contributed by atoms with Crippen molar-refractivity contribution >= 4 is 34.9 Å². The number of pyridine rings is 2. The lowest BCUT2D eigenvalue weighted by molar-refractivity contribution is 0.122. The van der Waals surface area contributed by atoms with E-state index in [1.54, 1.807) is 29.6 Å². The topological polar surface area (TPSA) is 82.3 Å². The van der Waals surface area contributed by atoms with Gasteiger partial charge in [-0.3, -0.25) is 9.78 Å². The summed E-state index contributed by atoms with van der Waals surface area (Å²) in [4.78, 5) is 27.7. The number of benzene rings is 2. The second-order valence-electron chi connectivity index (χ2n) is 11.2. The SMILES string of the molecule is Cc1ccc(C(Nc2ccc3c(c2)Sc2cccc(-c4cc(N5CCOCC5)cc(=O)[nH]4)c2S3)C2CCNCC2)nc1. The van der Waals surface area contributed by atoms with Gasteiger partial charge in [-0.25, -0.2) is 0 Å². The van der Waals surface area contributed by atoms with Gasteiger partial charge in [0.1, 0.15) is 0 Å². The Morgan fingerprint density at radius 2 is 1.83 bits per heavy atom. The molecule has 7 nitrogen and oxygen atoms in total. The van der Waals surface area contributed by atoms with Gasteiger partial charge in [0.15, 0.2) is 0 Å². The average molecular weight is 598 g/mol. The van der Waals surface area contributed by atoms with Gasteiger partial charge in [-0.2, -0.15) is 0 Å². The molecule has 1 unspecified atom stereocenters. The number of fused-ring (bicyclic) bond motifs is 2. The quantitative estimate of drug-likeness (QED) is 0.209. The van der Waals surface area contributed by atoms with Crippen LogP contribution in [0.1, 0.15) is 30.1 Å². The fourth-order valence-corrected chi connectivity index (χ4v) is 8.45. The molecular formula is C33H35N5O2S2. The molecule has 3 aliphatic rings. The lowest BCUT2D eigenvalue weighted by Gasteiger charge is -2.32. The van der Waals surface area contributed by atoms with Crippen LogP contribution in [0.15, 0.2) is 91.2 Å². The third-order valence-corrected chi connectivity index (χ3v) is 10.9. The molecule has 4 aromatic rings. The van der Waals surface area contributed by atoms with E-state index in [4.69, 9.17) is 9.72 Å². The minimum atomic E-state index is -0.0810. The molecule has 7 rings (SSSR count). The van der Waals surface area contributed by atoms with Crippen LogP contribution in [-0.4, -0.2) is 49.4 Å². The van der Waals surface area contributed by atoms with Crippen LogP contribution >= 0.6 is 23.5 Å². The fourth-order valence-electron chi connectivity index (χ4n) is 6.04. The molecule has 0 aliphatic carbocycles. The van der Waals surface area contributed by atoms with E-state index < -0.39 is 0 Å². The molecule has 0 bridgehead atoms. The van der Waals surface area contributed by atoms with Gasteiger partial charge in [0.05, 0.1) is 30.6 Å². The third kappa shape index (κ3) is 5.83. The maximum atomic E-state index is 12.7. The summed E-state index contributed by atoms with van der Waals surface area (Å²) >= 11 is 3.58. The maximum absolute atomic E-state index is 12.7. The number of anilines is 2. The first-order valence-electron chi connectivity index (χ1n) is 14.7. The van der Waals surface area contributed by atoms with Gasteiger partial charge in [0.25, 0.3) is 0 Å². The first-order valence-corrected chi connectivity index (χ1v) is 16.3. The van der Waals surface area contributed by atoms with Crippen LogP contribution in [0.3, 0.4) is 0 Å². The molecule has 3 aliphatic heterocycles. The van der Waals surface area contributed by atoms with Gasteiger partial charge in [-0.05, 0) is 80.7 Å². The number of aryl methyl sites for hydroxylation is 1. The molecule has 2 aromatic carbocycles. The first kappa shape index (κ1) is 27.6. The van der Waals surface area contributed by atoms with E-state index in [1.807, 2.05) is 6.20 Å². The van der Waals surface area contributed by atoms with E-state index in [1.165, 1.54) is 25.1 Å². The summed E-state index contributed by atoms with van der Waals surface area (Å²) in [6, 6.07) is 21.4. The van der Waals surface area contributed by atoms with Crippen LogP contribution < -0.4 is 21.1 Å². The number of hydrogen-bond acceptors (Lipinski definition) is 8. The average Bonchev–Trinajstić information content (AvgIpc) is 3.03. The van der Waals surface area contributed by atoms with E-state index in [-0.39, 0.29) is 11.6 Å². The van der Waals surface area contributed by atoms with Gasteiger partial charge >= 0.3 is 0 Å². The van der Waals surface area contributed by atoms with E-state index in [0.29, 0.717) is 19.1 Å². The minimum Gasteiger partial charge on any atom is -0.378 e. The third-order valence-electron chi connectivity index (χ3n) is 8.28. The van der Waals surface area contributed by atoms with Gasteiger partial charge in [0.2, 0.25) is 5.56 Å². The zero-order chi connectivity index (χ0) is 28.5. The zero-order valence-corrected chi connectivity index (χ0v) is 25.3. The highest BCUT2D eigenvalue weighted by Gasteiger charge is 2.27. The number of nitrogens with one attached hydrogen (secondary N) is 3. The number of hydrogen-bond donors (Lipinski definition) is 3. The van der Waals surface area contributed by atoms with Crippen molar-refractivity contribution in [3.05, 3.63) is 88.5 Å². The molecule has 0 amide bonds. The van der Waals surface area contributed by atoms with Crippen LogP contribution in [0.4, 0.5) is 11.4 Å². The highest BCUT2D eigenvalue weighted by atomic mass is 32.2. The standard InChI is InChI=1S/C33H35N5O2S2/c1-21-5-7-26(35-20-21)32(22-9-11-34-12-10-22)36-23-6-8-28-30(17-23)41-29-4-2-3-25(33(29)42-28)27-18-24(19-31(39)37-27)38-13-15-40-16-14-38/h2-8,17-20,22,32,34,36H,9-16H2,1H3,(H,37,39). The molecule has 2 aromatic heterocycles. The van der Waals surface area contributed by atoms with Crippen molar-refractivity contribution in [3.63, 3.8) is 0 Å². The summed E-state index contributed by atoms with van der Waals surface area (Å²) in [5.41, 5.74) is 6.19. The summed E-state index contributed by atoms with van der Waals surface area (Å²) in [5.74, 6) is 0.526. The van der Waals surface area contributed by atoms with Crippen LogP contribution in [0, 0.1) is 12.8 Å². The molecule has 2 fully saturated rings. The number of aromatic amines is 1. The fraction of sp³-hybridized carbons (Fsp3) is 0.333. The largest absolute Gasteiger partial charge is 0.378 e. The van der Waals surface area contributed by atoms with E-state index >= 15 is 0 Å². The summed E-state index contributed by atoms with van der Waals surface area (Å²) in [6.07, 6.45) is 4.24. The maximum Gasteiger partial charge on any atom is 0.250 e. The molecule has 42 heavy (non-hydrogen) atoms. The molecule has 5 heterocycles. The number of H-pyrrole nitrogens is 1. The predicted molar refractivity (Wildman–Crippen MR) is 171 cm³/mol. The first-order chi connectivity index (χ1) is 20.6. The molecule has 9 heteroatoms. The van der Waals surface area contributed by atoms with E-state index in [9.17, 15) is 4.79 Å². The van der Waals surface area contributed by atoms with Gasteiger partial charge in [-0.15, -0.1) is 0 Å². The minimum absolute atomic E-state index is 0.0810. The summed E-state index contributed by atoms with van der Waals surface area (Å²) in [7, 11) is 0. The zero-order valence-electron chi connectivity index (χ0n) is 23.7. The van der Waals surface area contributed by atoms with Crippen LogP contribution in [0.2, 0.25) is 0 Å². The van der Waals surface area contributed by atoms with Crippen molar-refractivity contribution in [3.8, 4) is 11.3 Å². The Bertz CT molecular complexity index is 1630. The number of rotatable bonds is 6. The molecule has 216 valence electrons. The highest BCUT2D eigenvalue weighted by molar-refractivity contribution is 8.05. The summed E-state index contributed by atoms with van der Waals surface area (Å²) in [5, 5.41) is 7.38. The van der Waals surface area contributed by atoms with Crippen molar-refractivity contribution < 1.29 is 4.74 Å². The summed E-state index contributed by atoms with van der Waals surface area (Å²) < 4.78 is 5.52. The number of morpholine rings is 1. The van der Waals surface area contributed by atoms with Crippen molar-refractivity contribution in [2.75, 3.05) is 49.6 Å². The van der Waals surface area contributed by atoms with Crippen LogP contribution in [0.5, 0.6) is 0 Å². The Morgan fingerprint density at radius 3 is 2.64 bits per heavy atom. The van der Waals surface area contributed by atoms with Crippen molar-refractivity contribution in [1.29, 1.82) is 0 Å². The Kier molecular flexibility index (Phi) is 7.99. The Balaban J connectivity index is 1.16. The van der Waals surface area contributed by atoms with Gasteiger partial charge in [0, 0.05) is 61.9 Å². The van der Waals surface area contributed by atoms with Crippen molar-refractivity contribution in [1.82, 2.24) is 15.3 Å².